The van der Waals surface area contributed by atoms with Crippen LogP contribution in [0.3, 0.4) is 0 Å². The number of aromatic nitrogens is 2. The van der Waals surface area contributed by atoms with Gasteiger partial charge < -0.3 is 10.0 Å². The van der Waals surface area contributed by atoms with Gasteiger partial charge in [-0.1, -0.05) is 0 Å². The van der Waals surface area contributed by atoms with Crippen LogP contribution in [0.5, 0.6) is 0 Å². The van der Waals surface area contributed by atoms with Crippen LogP contribution in [0.1, 0.15) is 13.3 Å². The molecule has 5 nitrogen and oxygen atoms in total. The molecule has 1 saturated heterocycles. The van der Waals surface area contributed by atoms with Crippen LogP contribution in [0.4, 0.5) is 5.82 Å². The molecule has 100 valence electrons. The minimum Gasteiger partial charge on any atom is -0.395 e. The molecular weight excluding hydrogens is 296 g/mol. The molecule has 1 fully saturated rings. The number of hydrogen-bond donors (Lipinski definition) is 1. The van der Waals surface area contributed by atoms with Gasteiger partial charge in [-0.2, -0.15) is 0 Å². The van der Waals surface area contributed by atoms with Crippen LogP contribution in [-0.4, -0.2) is 58.8 Å². The Bertz CT molecular complexity index is 390. The number of anilines is 1. The maximum Gasteiger partial charge on any atom is 0.146 e. The fourth-order valence-electron chi connectivity index (χ4n) is 2.24. The molecule has 2 heterocycles. The van der Waals surface area contributed by atoms with Crippen LogP contribution in [0, 0.1) is 0 Å². The van der Waals surface area contributed by atoms with Gasteiger partial charge in [0.1, 0.15) is 12.1 Å². The number of nitrogens with zero attached hydrogens (tertiary/aromatic N) is 4. The van der Waals surface area contributed by atoms with Crippen molar-refractivity contribution in [3.63, 3.8) is 0 Å². The highest BCUT2D eigenvalue weighted by Gasteiger charge is 2.20. The lowest BCUT2D eigenvalue weighted by molar-refractivity contribution is 0.141. The number of rotatable bonds is 3. The maximum absolute atomic E-state index is 9.22. The van der Waals surface area contributed by atoms with Gasteiger partial charge in [0.05, 0.1) is 11.1 Å². The second kappa shape index (κ2) is 6.45. The molecule has 0 bridgehead atoms. The number of aliphatic hydroxyl groups is 1. The Hall–Kier alpha value is -0.720. The normalized spacial score (nSPS) is 19.6. The minimum atomic E-state index is 0.219. The molecule has 1 atom stereocenters. The van der Waals surface area contributed by atoms with Crippen LogP contribution >= 0.6 is 15.9 Å². The third-order valence-electron chi connectivity index (χ3n) is 3.37. The first-order valence-corrected chi connectivity index (χ1v) is 7.07. The van der Waals surface area contributed by atoms with E-state index < -0.39 is 0 Å². The van der Waals surface area contributed by atoms with Crippen molar-refractivity contribution >= 4 is 21.7 Å². The summed E-state index contributed by atoms with van der Waals surface area (Å²) in [5.41, 5.74) is 0. The summed E-state index contributed by atoms with van der Waals surface area (Å²) in [6.07, 6.45) is 4.45. The fraction of sp³-hybridized carbons (Fsp3) is 0.667. The standard InChI is InChI=1S/C12H19BrN4O/c1-10(8-18)16-3-2-4-17(6-5-16)12-11(13)7-14-9-15-12/h7,9-10,18H,2-6,8H2,1H3. The lowest BCUT2D eigenvalue weighted by atomic mass is 10.3. The molecule has 1 aliphatic rings. The first-order chi connectivity index (χ1) is 8.72. The zero-order chi connectivity index (χ0) is 13.0. The van der Waals surface area contributed by atoms with Crippen molar-refractivity contribution in [1.29, 1.82) is 0 Å². The summed E-state index contributed by atoms with van der Waals surface area (Å²) in [5.74, 6) is 0.962. The zero-order valence-corrected chi connectivity index (χ0v) is 12.2. The lowest BCUT2D eigenvalue weighted by Gasteiger charge is -2.26. The summed E-state index contributed by atoms with van der Waals surface area (Å²) >= 11 is 3.49. The van der Waals surface area contributed by atoms with Crippen molar-refractivity contribution < 1.29 is 5.11 Å². The van der Waals surface area contributed by atoms with Gasteiger partial charge in [-0.15, -0.1) is 0 Å². The number of hydrogen-bond acceptors (Lipinski definition) is 5. The predicted molar refractivity (Wildman–Crippen MR) is 74.7 cm³/mol. The van der Waals surface area contributed by atoms with Gasteiger partial charge in [0, 0.05) is 38.4 Å². The zero-order valence-electron chi connectivity index (χ0n) is 10.6. The molecule has 18 heavy (non-hydrogen) atoms. The molecule has 0 radical (unpaired) electrons. The lowest BCUT2D eigenvalue weighted by Crippen LogP contribution is -2.38. The molecule has 1 aromatic rings. The highest BCUT2D eigenvalue weighted by atomic mass is 79.9. The first kappa shape index (κ1) is 13.7. The highest BCUT2D eigenvalue weighted by molar-refractivity contribution is 9.10. The third-order valence-corrected chi connectivity index (χ3v) is 3.93. The van der Waals surface area contributed by atoms with Crippen molar-refractivity contribution in [3.8, 4) is 0 Å². The third kappa shape index (κ3) is 3.18. The minimum absolute atomic E-state index is 0.219. The van der Waals surface area contributed by atoms with E-state index in [0.29, 0.717) is 0 Å². The Labute approximate surface area is 116 Å². The number of halogens is 1. The van der Waals surface area contributed by atoms with Crippen molar-refractivity contribution in [2.45, 2.75) is 19.4 Å². The summed E-state index contributed by atoms with van der Waals surface area (Å²) in [5, 5.41) is 9.22. The molecule has 1 unspecified atom stereocenters. The topological polar surface area (TPSA) is 52.5 Å². The van der Waals surface area contributed by atoms with Crippen molar-refractivity contribution in [2.75, 3.05) is 37.7 Å². The molecule has 1 aliphatic heterocycles. The maximum atomic E-state index is 9.22. The van der Waals surface area contributed by atoms with Gasteiger partial charge in [0.2, 0.25) is 0 Å². The first-order valence-electron chi connectivity index (χ1n) is 6.27. The van der Waals surface area contributed by atoms with Crippen LogP contribution in [-0.2, 0) is 0 Å². The molecule has 0 aliphatic carbocycles. The average molecular weight is 315 g/mol. The van der Waals surface area contributed by atoms with Gasteiger partial charge in [-0.25, -0.2) is 9.97 Å². The molecule has 0 aromatic carbocycles. The van der Waals surface area contributed by atoms with E-state index >= 15 is 0 Å². The highest BCUT2D eigenvalue weighted by Crippen LogP contribution is 2.23. The Kier molecular flexibility index (Phi) is 4.91. The summed E-state index contributed by atoms with van der Waals surface area (Å²) in [6.45, 7) is 6.19. The molecule has 6 heteroatoms. The largest absolute Gasteiger partial charge is 0.395 e. The molecular formula is C12H19BrN4O. The molecule has 0 saturated carbocycles. The van der Waals surface area contributed by atoms with Gasteiger partial charge in [0.25, 0.3) is 0 Å². The Morgan fingerprint density at radius 3 is 2.94 bits per heavy atom. The summed E-state index contributed by atoms with van der Waals surface area (Å²) in [7, 11) is 0. The van der Waals surface area contributed by atoms with E-state index in [0.717, 1.165) is 42.9 Å². The molecule has 1 N–H and O–H groups in total. The quantitative estimate of drug-likeness (QED) is 0.906. The summed E-state index contributed by atoms with van der Waals surface area (Å²) < 4.78 is 0.939. The van der Waals surface area contributed by atoms with Gasteiger partial charge in [-0.3, -0.25) is 4.90 Å². The van der Waals surface area contributed by atoms with E-state index in [4.69, 9.17) is 0 Å². The molecule has 0 amide bonds. The van der Waals surface area contributed by atoms with Gasteiger partial charge >= 0.3 is 0 Å². The van der Waals surface area contributed by atoms with Crippen molar-refractivity contribution in [3.05, 3.63) is 17.0 Å². The second-order valence-corrected chi connectivity index (χ2v) is 5.46. The SMILES string of the molecule is CC(CO)N1CCCN(c2ncncc2Br)CC1. The number of aliphatic hydroxyl groups excluding tert-OH is 1. The van der Waals surface area contributed by atoms with Crippen LogP contribution in [0.2, 0.25) is 0 Å². The van der Waals surface area contributed by atoms with Gasteiger partial charge in [0.15, 0.2) is 0 Å². The van der Waals surface area contributed by atoms with E-state index in [9.17, 15) is 5.11 Å². The average Bonchev–Trinajstić information content (AvgIpc) is 2.64. The van der Waals surface area contributed by atoms with Crippen molar-refractivity contribution in [2.24, 2.45) is 0 Å². The summed E-state index contributed by atoms with van der Waals surface area (Å²) in [6, 6.07) is 0.235. The Morgan fingerprint density at radius 2 is 2.22 bits per heavy atom. The van der Waals surface area contributed by atoms with E-state index in [2.05, 4.69) is 42.6 Å². The van der Waals surface area contributed by atoms with Crippen molar-refractivity contribution in [1.82, 2.24) is 14.9 Å². The van der Waals surface area contributed by atoms with Crippen LogP contribution in [0.15, 0.2) is 17.0 Å². The second-order valence-electron chi connectivity index (χ2n) is 4.60. The Morgan fingerprint density at radius 1 is 1.39 bits per heavy atom. The summed E-state index contributed by atoms with van der Waals surface area (Å²) in [4.78, 5) is 12.9. The van der Waals surface area contributed by atoms with E-state index in [1.165, 1.54) is 0 Å². The van der Waals surface area contributed by atoms with Gasteiger partial charge in [-0.05, 0) is 29.3 Å². The van der Waals surface area contributed by atoms with Crippen LogP contribution < -0.4 is 4.90 Å². The Balaban J connectivity index is 2.03. The molecule has 1 aromatic heterocycles. The molecule has 2 rings (SSSR count). The smallest absolute Gasteiger partial charge is 0.146 e. The molecule has 0 spiro atoms. The van der Waals surface area contributed by atoms with E-state index in [-0.39, 0.29) is 12.6 Å². The fourth-order valence-corrected chi connectivity index (χ4v) is 2.72. The van der Waals surface area contributed by atoms with E-state index in [1.807, 2.05) is 0 Å². The van der Waals surface area contributed by atoms with Crippen LogP contribution in [0.25, 0.3) is 0 Å². The predicted octanol–water partition coefficient (Wildman–Crippen LogP) is 1.13. The monoisotopic (exact) mass is 314 g/mol. The van der Waals surface area contributed by atoms with E-state index in [1.54, 1.807) is 12.5 Å².